The van der Waals surface area contributed by atoms with Crippen LogP contribution < -0.4 is 0 Å². The number of benzene rings is 2. The molecule has 6 heteroatoms. The number of rotatable bonds is 5. The van der Waals surface area contributed by atoms with Gasteiger partial charge in [0.15, 0.2) is 0 Å². The first-order chi connectivity index (χ1) is 14.0. The van der Waals surface area contributed by atoms with Gasteiger partial charge >= 0.3 is 11.9 Å². The Labute approximate surface area is 169 Å². The van der Waals surface area contributed by atoms with Crippen LogP contribution in [0.15, 0.2) is 78.3 Å². The Hall–Kier alpha value is -3.41. The zero-order chi connectivity index (χ0) is 20.9. The van der Waals surface area contributed by atoms with Crippen molar-refractivity contribution in [3.63, 3.8) is 0 Å². The molecule has 1 aliphatic heterocycles. The summed E-state index contributed by atoms with van der Waals surface area (Å²) in [6.07, 6.45) is 3.13. The number of hydrogen-bond acceptors (Lipinski definition) is 4. The molecule has 1 saturated carbocycles. The molecule has 1 unspecified atom stereocenters. The van der Waals surface area contributed by atoms with E-state index in [9.17, 15) is 0 Å². The van der Waals surface area contributed by atoms with Crippen LogP contribution in [0.25, 0.3) is 0 Å². The van der Waals surface area contributed by atoms with E-state index in [2.05, 4.69) is 72.1 Å². The van der Waals surface area contributed by atoms with E-state index in [0.29, 0.717) is 5.92 Å². The van der Waals surface area contributed by atoms with Gasteiger partial charge in [0.05, 0.1) is 6.54 Å². The maximum absolute atomic E-state index is 9.10. The van der Waals surface area contributed by atoms with Gasteiger partial charge in [0.1, 0.15) is 5.84 Å². The van der Waals surface area contributed by atoms with Crippen molar-refractivity contribution in [3.05, 3.63) is 84.4 Å². The second kappa shape index (κ2) is 8.73. The van der Waals surface area contributed by atoms with Crippen LogP contribution in [0.2, 0.25) is 0 Å². The number of hydrogen-bond donors (Lipinski definition) is 2. The number of aliphatic carboxylic acids is 2. The third kappa shape index (κ3) is 4.21. The van der Waals surface area contributed by atoms with Crippen LogP contribution in [0.5, 0.6) is 0 Å². The van der Waals surface area contributed by atoms with Gasteiger partial charge in [-0.25, -0.2) is 9.59 Å². The number of aliphatic imine (C=N–C) groups is 1. The largest absolute Gasteiger partial charge is 0.473 e. The van der Waals surface area contributed by atoms with Gasteiger partial charge in [0.2, 0.25) is 0 Å². The van der Waals surface area contributed by atoms with E-state index in [1.807, 2.05) is 6.08 Å². The van der Waals surface area contributed by atoms with E-state index in [1.54, 1.807) is 0 Å². The lowest BCUT2D eigenvalue weighted by atomic mass is 9.85. The summed E-state index contributed by atoms with van der Waals surface area (Å²) < 4.78 is 0. The van der Waals surface area contributed by atoms with Gasteiger partial charge in [-0.15, -0.1) is 6.58 Å². The highest BCUT2D eigenvalue weighted by Gasteiger charge is 2.60. The lowest BCUT2D eigenvalue weighted by molar-refractivity contribution is -0.159. The average Bonchev–Trinajstić information content (AvgIpc) is 3.33. The van der Waals surface area contributed by atoms with E-state index in [1.165, 1.54) is 17.0 Å². The average molecular weight is 392 g/mol. The van der Waals surface area contributed by atoms with Gasteiger partial charge in [-0.05, 0) is 17.5 Å². The van der Waals surface area contributed by atoms with Crippen LogP contribution in [0.3, 0.4) is 0 Å². The molecule has 2 aromatic carbocycles. The van der Waals surface area contributed by atoms with Gasteiger partial charge in [-0.2, -0.15) is 0 Å². The van der Waals surface area contributed by atoms with Crippen molar-refractivity contribution in [1.29, 1.82) is 0 Å². The zero-order valence-corrected chi connectivity index (χ0v) is 16.1. The topological polar surface area (TPSA) is 90.2 Å². The Balaban J connectivity index is 0.000000353. The predicted octanol–water partition coefficient (Wildman–Crippen LogP) is 3.05. The van der Waals surface area contributed by atoms with Crippen molar-refractivity contribution in [1.82, 2.24) is 4.90 Å². The Morgan fingerprint density at radius 1 is 1.03 bits per heavy atom. The first kappa shape index (κ1) is 20.3. The van der Waals surface area contributed by atoms with Crippen molar-refractivity contribution in [2.75, 3.05) is 19.6 Å². The highest BCUT2D eigenvalue weighted by atomic mass is 16.4. The molecule has 0 bridgehead atoms. The predicted molar refractivity (Wildman–Crippen MR) is 111 cm³/mol. The first-order valence-corrected chi connectivity index (χ1v) is 9.48. The first-order valence-electron chi connectivity index (χ1n) is 9.48. The fraction of sp³-hybridized carbons (Fsp3) is 0.261. The Bertz CT molecular complexity index is 857. The Morgan fingerprint density at radius 3 is 2.00 bits per heavy atom. The summed E-state index contributed by atoms with van der Waals surface area (Å²) in [6, 6.07) is 21.8. The second-order valence-corrected chi connectivity index (χ2v) is 7.05. The molecule has 0 amide bonds. The molecule has 150 valence electrons. The minimum atomic E-state index is -1.82. The zero-order valence-electron chi connectivity index (χ0n) is 16.1. The molecule has 1 heterocycles. The second-order valence-electron chi connectivity index (χ2n) is 7.05. The van der Waals surface area contributed by atoms with Gasteiger partial charge in [-0.1, -0.05) is 66.7 Å². The van der Waals surface area contributed by atoms with Gasteiger partial charge in [-0.3, -0.25) is 4.99 Å². The summed E-state index contributed by atoms with van der Waals surface area (Å²) in [4.78, 5) is 25.4. The molecule has 6 nitrogen and oxygen atoms in total. The van der Waals surface area contributed by atoms with Crippen molar-refractivity contribution in [2.45, 2.75) is 11.8 Å². The van der Waals surface area contributed by atoms with E-state index in [4.69, 9.17) is 24.8 Å². The van der Waals surface area contributed by atoms with Crippen LogP contribution in [0, 0.1) is 5.92 Å². The van der Waals surface area contributed by atoms with Crippen LogP contribution in [0.1, 0.15) is 17.5 Å². The molecular weight excluding hydrogens is 368 g/mol. The molecule has 0 aromatic heterocycles. The maximum Gasteiger partial charge on any atom is 0.414 e. The third-order valence-electron chi connectivity index (χ3n) is 5.35. The highest BCUT2D eigenvalue weighted by molar-refractivity contribution is 6.27. The summed E-state index contributed by atoms with van der Waals surface area (Å²) in [5.74, 6) is -1.89. The van der Waals surface area contributed by atoms with Crippen molar-refractivity contribution in [2.24, 2.45) is 10.9 Å². The normalized spacial score (nSPS) is 18.8. The molecule has 0 radical (unpaired) electrons. The molecule has 2 N–H and O–H groups in total. The van der Waals surface area contributed by atoms with E-state index in [0.717, 1.165) is 26.1 Å². The molecule has 29 heavy (non-hydrogen) atoms. The SMILES string of the molecule is C=CCN1CCN=C1C1CC1(c1ccccc1)c1ccccc1.O=C(O)C(=O)O. The smallest absolute Gasteiger partial charge is 0.414 e. The quantitative estimate of drug-likeness (QED) is 0.603. The van der Waals surface area contributed by atoms with E-state index >= 15 is 0 Å². The molecule has 2 aliphatic rings. The number of carbonyl (C=O) groups is 2. The van der Waals surface area contributed by atoms with Crippen molar-refractivity contribution in [3.8, 4) is 0 Å². The van der Waals surface area contributed by atoms with Crippen LogP contribution in [-0.4, -0.2) is 52.5 Å². The number of carboxylic acids is 2. The fourth-order valence-electron chi connectivity index (χ4n) is 4.02. The van der Waals surface area contributed by atoms with Crippen LogP contribution in [-0.2, 0) is 15.0 Å². The summed E-state index contributed by atoms with van der Waals surface area (Å²) in [7, 11) is 0. The minimum absolute atomic E-state index is 0.0884. The van der Waals surface area contributed by atoms with Gasteiger partial charge < -0.3 is 15.1 Å². The fourth-order valence-corrected chi connectivity index (χ4v) is 4.02. The summed E-state index contributed by atoms with van der Waals surface area (Å²) in [5.41, 5.74) is 2.90. The summed E-state index contributed by atoms with van der Waals surface area (Å²) in [5, 5.41) is 14.8. The molecule has 0 spiro atoms. The molecule has 1 atom stereocenters. The number of carboxylic acid groups (broad SMARTS) is 2. The number of nitrogens with zero attached hydrogens (tertiary/aromatic N) is 2. The molecule has 4 rings (SSSR count). The molecular formula is C23H24N2O4. The number of amidine groups is 1. The van der Waals surface area contributed by atoms with E-state index in [-0.39, 0.29) is 5.41 Å². The third-order valence-corrected chi connectivity index (χ3v) is 5.35. The standard InChI is InChI=1S/C21H22N2.C2H2O4/c1-2-14-23-15-13-22-20(23)19-16-21(19,17-9-5-3-6-10-17)18-11-7-4-8-12-18;3-1(4)2(5)6/h2-12,19H,1,13-16H2;(H,3,4)(H,5,6). The highest BCUT2D eigenvalue weighted by Crippen LogP contribution is 2.60. The lowest BCUT2D eigenvalue weighted by Gasteiger charge is -2.23. The maximum atomic E-state index is 9.10. The van der Waals surface area contributed by atoms with Crippen LogP contribution >= 0.6 is 0 Å². The van der Waals surface area contributed by atoms with Crippen LogP contribution in [0.4, 0.5) is 0 Å². The van der Waals surface area contributed by atoms with E-state index < -0.39 is 11.9 Å². The van der Waals surface area contributed by atoms with Crippen molar-refractivity contribution < 1.29 is 19.8 Å². The summed E-state index contributed by atoms with van der Waals surface area (Å²) in [6.45, 7) is 6.73. The monoisotopic (exact) mass is 392 g/mol. The molecule has 1 aliphatic carbocycles. The molecule has 0 saturated heterocycles. The summed E-state index contributed by atoms with van der Waals surface area (Å²) >= 11 is 0. The molecule has 2 aromatic rings. The Morgan fingerprint density at radius 2 is 1.55 bits per heavy atom. The van der Waals surface area contributed by atoms with Gasteiger partial charge in [0.25, 0.3) is 0 Å². The van der Waals surface area contributed by atoms with Crippen molar-refractivity contribution >= 4 is 17.8 Å². The Kier molecular flexibility index (Phi) is 6.12. The minimum Gasteiger partial charge on any atom is -0.473 e. The van der Waals surface area contributed by atoms with Gasteiger partial charge in [0, 0.05) is 24.4 Å². The lowest BCUT2D eigenvalue weighted by Crippen LogP contribution is -2.31. The molecule has 1 fully saturated rings.